The molecule has 5 heteroatoms. The molecule has 2 unspecified atom stereocenters. The zero-order valence-corrected chi connectivity index (χ0v) is 12.1. The molecule has 18 heavy (non-hydrogen) atoms. The van der Waals surface area contributed by atoms with Crippen molar-refractivity contribution in [1.82, 2.24) is 5.32 Å². The molecule has 1 aromatic heterocycles. The lowest BCUT2D eigenvalue weighted by Crippen LogP contribution is -2.48. The van der Waals surface area contributed by atoms with E-state index >= 15 is 0 Å². The summed E-state index contributed by atoms with van der Waals surface area (Å²) >= 11 is 3.38. The lowest BCUT2D eigenvalue weighted by Gasteiger charge is -2.21. The summed E-state index contributed by atoms with van der Waals surface area (Å²) in [6, 6.07) is 4.16. The summed E-state index contributed by atoms with van der Waals surface area (Å²) in [7, 11) is 0. The van der Waals surface area contributed by atoms with Gasteiger partial charge in [0.25, 0.3) is 5.91 Å². The van der Waals surface area contributed by atoms with Crippen LogP contribution in [0.5, 0.6) is 0 Å². The van der Waals surface area contributed by atoms with E-state index in [0.29, 0.717) is 24.6 Å². The van der Waals surface area contributed by atoms with Gasteiger partial charge < -0.3 is 10.4 Å². The van der Waals surface area contributed by atoms with Crippen molar-refractivity contribution in [2.24, 2.45) is 5.92 Å². The van der Waals surface area contributed by atoms with Crippen LogP contribution in [-0.2, 0) is 11.2 Å². The summed E-state index contributed by atoms with van der Waals surface area (Å²) in [6.45, 7) is 2.75. The van der Waals surface area contributed by atoms with Crippen LogP contribution in [-0.4, -0.2) is 34.7 Å². The van der Waals surface area contributed by atoms with Crippen molar-refractivity contribution in [3.63, 3.8) is 0 Å². The van der Waals surface area contributed by atoms with Crippen molar-refractivity contribution in [1.29, 1.82) is 0 Å². The first kappa shape index (κ1) is 13.9. The summed E-state index contributed by atoms with van der Waals surface area (Å²) in [5.41, 5.74) is -1.13. The number of hydrogen-bond acceptors (Lipinski definition) is 4. The summed E-state index contributed by atoms with van der Waals surface area (Å²) in [6.07, 6.45) is 1.55. The van der Waals surface area contributed by atoms with Gasteiger partial charge in [-0.05, 0) is 36.0 Å². The van der Waals surface area contributed by atoms with E-state index in [2.05, 4.69) is 23.7 Å². The van der Waals surface area contributed by atoms with Crippen LogP contribution in [0.1, 0.15) is 18.2 Å². The molecule has 0 aliphatic carbocycles. The van der Waals surface area contributed by atoms with Gasteiger partial charge in [-0.25, -0.2) is 0 Å². The molecule has 0 saturated carbocycles. The number of rotatable bonds is 5. The smallest absolute Gasteiger partial charge is 0.252 e. The topological polar surface area (TPSA) is 49.3 Å². The van der Waals surface area contributed by atoms with E-state index in [0.717, 1.165) is 12.2 Å². The van der Waals surface area contributed by atoms with Crippen molar-refractivity contribution < 1.29 is 9.90 Å². The predicted octanol–water partition coefficient (Wildman–Crippen LogP) is 1.91. The van der Waals surface area contributed by atoms with Crippen LogP contribution in [0, 0.1) is 5.92 Å². The standard InChI is InChI=1S/C13H19NO2S2/c1-10(7-11-3-2-5-18-11)8-14-12(15)13(16)4-6-17-9-13/h2-3,5,10,16H,4,6-9H2,1H3,(H,14,15). The van der Waals surface area contributed by atoms with Crippen molar-refractivity contribution in [2.45, 2.75) is 25.4 Å². The van der Waals surface area contributed by atoms with E-state index in [-0.39, 0.29) is 5.91 Å². The largest absolute Gasteiger partial charge is 0.379 e. The molecular formula is C13H19NO2S2. The maximum absolute atomic E-state index is 11.9. The first-order valence-corrected chi connectivity index (χ1v) is 8.24. The van der Waals surface area contributed by atoms with Gasteiger partial charge in [0.2, 0.25) is 0 Å². The molecule has 2 heterocycles. The Morgan fingerprint density at radius 1 is 1.67 bits per heavy atom. The SMILES string of the molecule is CC(CNC(=O)C1(O)CCSC1)Cc1cccs1. The summed E-state index contributed by atoms with van der Waals surface area (Å²) in [5, 5.41) is 15.0. The number of hydrogen-bond donors (Lipinski definition) is 2. The Bertz CT molecular complexity index is 386. The van der Waals surface area contributed by atoms with E-state index in [1.807, 2.05) is 6.07 Å². The van der Waals surface area contributed by atoms with Crippen molar-refractivity contribution >= 4 is 29.0 Å². The minimum atomic E-state index is -1.13. The second kappa shape index (κ2) is 6.08. The summed E-state index contributed by atoms with van der Waals surface area (Å²) in [4.78, 5) is 13.2. The number of amides is 1. The summed E-state index contributed by atoms with van der Waals surface area (Å²) in [5.74, 6) is 1.59. The fourth-order valence-electron chi connectivity index (χ4n) is 2.01. The van der Waals surface area contributed by atoms with Crippen LogP contribution < -0.4 is 5.32 Å². The van der Waals surface area contributed by atoms with Crippen LogP contribution in [0.15, 0.2) is 17.5 Å². The van der Waals surface area contributed by atoms with E-state index in [1.54, 1.807) is 23.1 Å². The van der Waals surface area contributed by atoms with Crippen molar-refractivity contribution in [3.05, 3.63) is 22.4 Å². The highest BCUT2D eigenvalue weighted by Gasteiger charge is 2.39. The van der Waals surface area contributed by atoms with Gasteiger partial charge in [0.05, 0.1) is 0 Å². The van der Waals surface area contributed by atoms with E-state index in [9.17, 15) is 9.90 Å². The van der Waals surface area contributed by atoms with Crippen LogP contribution in [0.3, 0.4) is 0 Å². The van der Waals surface area contributed by atoms with Gasteiger partial charge in [0, 0.05) is 17.2 Å². The molecule has 2 N–H and O–H groups in total. The number of carbonyl (C=O) groups is 1. The van der Waals surface area contributed by atoms with Gasteiger partial charge in [-0.3, -0.25) is 4.79 Å². The fraction of sp³-hybridized carbons (Fsp3) is 0.615. The number of carbonyl (C=O) groups excluding carboxylic acids is 1. The molecular weight excluding hydrogens is 266 g/mol. The molecule has 1 aliphatic rings. The average molecular weight is 285 g/mol. The first-order valence-electron chi connectivity index (χ1n) is 6.21. The number of aliphatic hydroxyl groups is 1. The quantitative estimate of drug-likeness (QED) is 0.869. The van der Waals surface area contributed by atoms with Gasteiger partial charge >= 0.3 is 0 Å². The van der Waals surface area contributed by atoms with Gasteiger partial charge in [0.15, 0.2) is 5.60 Å². The molecule has 1 fully saturated rings. The minimum Gasteiger partial charge on any atom is -0.379 e. The average Bonchev–Trinajstić information content (AvgIpc) is 2.98. The third kappa shape index (κ3) is 3.49. The second-order valence-corrected chi connectivity index (χ2v) is 7.07. The molecule has 0 radical (unpaired) electrons. The number of thiophene rings is 1. The third-order valence-electron chi connectivity index (χ3n) is 3.16. The van der Waals surface area contributed by atoms with Gasteiger partial charge in [-0.15, -0.1) is 11.3 Å². The molecule has 100 valence electrons. The lowest BCUT2D eigenvalue weighted by molar-refractivity contribution is -0.137. The zero-order valence-electron chi connectivity index (χ0n) is 10.5. The van der Waals surface area contributed by atoms with Crippen molar-refractivity contribution in [2.75, 3.05) is 18.1 Å². The van der Waals surface area contributed by atoms with Gasteiger partial charge in [0.1, 0.15) is 0 Å². The fourth-order valence-corrected chi connectivity index (χ4v) is 4.12. The Morgan fingerprint density at radius 3 is 3.11 bits per heavy atom. The van der Waals surface area contributed by atoms with Crippen LogP contribution >= 0.6 is 23.1 Å². The van der Waals surface area contributed by atoms with E-state index in [4.69, 9.17) is 0 Å². The van der Waals surface area contributed by atoms with Crippen LogP contribution in [0.2, 0.25) is 0 Å². The second-order valence-electron chi connectivity index (χ2n) is 4.93. The molecule has 2 rings (SSSR count). The number of nitrogens with one attached hydrogen (secondary N) is 1. The van der Waals surface area contributed by atoms with Gasteiger partial charge in [-0.1, -0.05) is 13.0 Å². The molecule has 1 saturated heterocycles. The molecule has 0 bridgehead atoms. The maximum Gasteiger partial charge on any atom is 0.252 e. The Balaban J connectivity index is 1.75. The number of thioether (sulfide) groups is 1. The van der Waals surface area contributed by atoms with E-state index < -0.39 is 5.60 Å². The highest BCUT2D eigenvalue weighted by molar-refractivity contribution is 7.99. The van der Waals surface area contributed by atoms with E-state index in [1.165, 1.54) is 4.88 Å². The molecule has 1 aromatic rings. The molecule has 2 atom stereocenters. The van der Waals surface area contributed by atoms with Crippen molar-refractivity contribution in [3.8, 4) is 0 Å². The minimum absolute atomic E-state index is 0.203. The molecule has 1 amide bonds. The Morgan fingerprint density at radius 2 is 2.50 bits per heavy atom. The van der Waals surface area contributed by atoms with Crippen LogP contribution in [0.25, 0.3) is 0 Å². The lowest BCUT2D eigenvalue weighted by atomic mass is 10.0. The monoisotopic (exact) mass is 285 g/mol. The van der Waals surface area contributed by atoms with Crippen LogP contribution in [0.4, 0.5) is 0 Å². The third-order valence-corrected chi connectivity index (χ3v) is 5.24. The highest BCUT2D eigenvalue weighted by atomic mass is 32.2. The zero-order chi connectivity index (χ0) is 13.0. The first-order chi connectivity index (χ1) is 8.60. The molecule has 3 nitrogen and oxygen atoms in total. The molecule has 1 aliphatic heterocycles. The molecule has 0 aromatic carbocycles. The Labute approximate surface area is 116 Å². The highest BCUT2D eigenvalue weighted by Crippen LogP contribution is 2.27. The Kier molecular flexibility index (Phi) is 4.70. The van der Waals surface area contributed by atoms with Gasteiger partial charge in [-0.2, -0.15) is 11.8 Å². The Hall–Kier alpha value is -0.520. The summed E-state index contributed by atoms with van der Waals surface area (Å²) < 4.78 is 0. The predicted molar refractivity (Wildman–Crippen MR) is 77.1 cm³/mol. The molecule has 0 spiro atoms. The maximum atomic E-state index is 11.9. The normalized spacial score (nSPS) is 25.0.